The molecule has 0 aliphatic rings. The molecule has 11 heteroatoms. The average Bonchev–Trinajstić information content (AvgIpc) is 3.15. The number of ketones is 2. The van der Waals surface area contributed by atoms with Crippen LogP contribution in [0.1, 0.15) is 82.4 Å². The molecule has 0 aliphatic carbocycles. The second kappa shape index (κ2) is 23.9. The van der Waals surface area contributed by atoms with E-state index >= 15 is 0 Å². The van der Waals surface area contributed by atoms with Gasteiger partial charge in [0.25, 0.3) is 5.78 Å². The van der Waals surface area contributed by atoms with Crippen molar-refractivity contribution in [1.82, 2.24) is 15.2 Å². The van der Waals surface area contributed by atoms with Gasteiger partial charge in [0.2, 0.25) is 5.78 Å². The predicted octanol–water partition coefficient (Wildman–Crippen LogP) is 7.62. The number of carbonyl (C=O) groups excluding carboxylic acids is 3. The van der Waals surface area contributed by atoms with Crippen LogP contribution in [0.25, 0.3) is 0 Å². The Balaban J connectivity index is 1.48. The molecular formula is C41H54N4O7. The van der Waals surface area contributed by atoms with E-state index in [9.17, 15) is 14.4 Å². The number of ether oxygens (including phenoxy) is 1. The lowest BCUT2D eigenvalue weighted by atomic mass is 10.2. The van der Waals surface area contributed by atoms with E-state index < -0.39 is 23.3 Å². The molecule has 0 heterocycles. The van der Waals surface area contributed by atoms with E-state index in [4.69, 9.17) is 24.5 Å². The Labute approximate surface area is 308 Å². The zero-order chi connectivity index (χ0) is 37.4. The molecular weight excluding hydrogens is 660 g/mol. The van der Waals surface area contributed by atoms with Crippen LogP contribution < -0.4 is 0 Å². The summed E-state index contributed by atoms with van der Waals surface area (Å²) >= 11 is 0. The molecule has 1 amide bonds. The van der Waals surface area contributed by atoms with Crippen LogP contribution in [-0.4, -0.2) is 71.2 Å². The van der Waals surface area contributed by atoms with Gasteiger partial charge in [-0.1, -0.05) is 104 Å². The first-order valence-electron chi connectivity index (χ1n) is 18.1. The number of carbonyl (C=O) groups is 3. The standard InChI is InChI=1S/C41H54N4O7/c1-41(2,3)52-40(48)45(51-34-37-23-13-6-14-24-37)29-18-8-17-27-43(49-32-35-19-9-4-10-20-35)26-15-7-16-28-44(30-25-38(46)39(47)31-42)50-33-36-21-11-5-12-22-36/h4-6,9-14,19-24H,7-8,15-18,25-30,32-34H2,1-3H3. The van der Waals surface area contributed by atoms with E-state index in [1.807, 2.05) is 117 Å². The van der Waals surface area contributed by atoms with Gasteiger partial charge in [-0.15, -0.1) is 0 Å². The lowest BCUT2D eigenvalue weighted by Gasteiger charge is -2.27. The van der Waals surface area contributed by atoms with Gasteiger partial charge in [-0.3, -0.25) is 24.1 Å². The van der Waals surface area contributed by atoms with Crippen molar-refractivity contribution in [3.05, 3.63) is 108 Å². The highest BCUT2D eigenvalue weighted by atomic mass is 16.7. The number of unbranched alkanes of at least 4 members (excludes halogenated alkanes) is 4. The van der Waals surface area contributed by atoms with Crippen LogP contribution >= 0.6 is 0 Å². The summed E-state index contributed by atoms with van der Waals surface area (Å²) in [6.45, 7) is 9.28. The third kappa shape index (κ3) is 18.2. The number of hydrogen-bond acceptors (Lipinski definition) is 10. The summed E-state index contributed by atoms with van der Waals surface area (Å²) in [5.41, 5.74) is 2.42. The minimum absolute atomic E-state index is 0.0724. The first-order valence-corrected chi connectivity index (χ1v) is 18.1. The molecule has 3 aromatic carbocycles. The third-order valence-electron chi connectivity index (χ3n) is 7.87. The van der Waals surface area contributed by atoms with Gasteiger partial charge in [-0.25, -0.2) is 4.79 Å². The van der Waals surface area contributed by atoms with E-state index in [2.05, 4.69) is 0 Å². The normalized spacial score (nSPS) is 11.4. The van der Waals surface area contributed by atoms with Crippen LogP contribution in [0.3, 0.4) is 0 Å². The van der Waals surface area contributed by atoms with Gasteiger partial charge in [-0.05, 0) is 63.1 Å². The molecule has 0 fully saturated rings. The molecule has 280 valence electrons. The van der Waals surface area contributed by atoms with Crippen LogP contribution in [-0.2, 0) is 48.7 Å². The minimum Gasteiger partial charge on any atom is -0.442 e. The first kappa shape index (κ1) is 42.0. The zero-order valence-electron chi connectivity index (χ0n) is 30.9. The molecule has 0 atom stereocenters. The highest BCUT2D eigenvalue weighted by molar-refractivity contribution is 6.43. The summed E-state index contributed by atoms with van der Waals surface area (Å²) in [5, 5.41) is 13.8. The van der Waals surface area contributed by atoms with Crippen molar-refractivity contribution in [1.29, 1.82) is 5.26 Å². The molecule has 3 rings (SSSR count). The van der Waals surface area contributed by atoms with Crippen LogP contribution in [0.5, 0.6) is 0 Å². The highest BCUT2D eigenvalue weighted by Crippen LogP contribution is 2.14. The molecule has 0 saturated heterocycles. The fraction of sp³-hybridized carbons (Fsp3) is 0.463. The maximum Gasteiger partial charge on any atom is 0.434 e. The molecule has 52 heavy (non-hydrogen) atoms. The van der Waals surface area contributed by atoms with E-state index in [0.717, 1.165) is 68.3 Å². The van der Waals surface area contributed by atoms with E-state index in [-0.39, 0.29) is 19.6 Å². The second-order valence-electron chi connectivity index (χ2n) is 13.5. The number of nitriles is 1. The number of amides is 1. The molecule has 0 radical (unpaired) electrons. The summed E-state index contributed by atoms with van der Waals surface area (Å²) < 4.78 is 5.59. The Kier molecular flexibility index (Phi) is 19.3. The first-order chi connectivity index (χ1) is 25.1. The Morgan fingerprint density at radius 3 is 1.40 bits per heavy atom. The average molecular weight is 715 g/mol. The molecule has 3 aromatic rings. The summed E-state index contributed by atoms with van der Waals surface area (Å²) in [7, 11) is 0. The summed E-state index contributed by atoms with van der Waals surface area (Å²) in [6, 6.07) is 30.9. The third-order valence-corrected chi connectivity index (χ3v) is 7.87. The maximum absolute atomic E-state index is 12.9. The predicted molar refractivity (Wildman–Crippen MR) is 198 cm³/mol. The van der Waals surface area contributed by atoms with Crippen molar-refractivity contribution in [2.75, 3.05) is 32.7 Å². The van der Waals surface area contributed by atoms with Gasteiger partial charge in [0.15, 0.2) is 0 Å². The van der Waals surface area contributed by atoms with Crippen molar-refractivity contribution in [2.45, 2.75) is 91.1 Å². The van der Waals surface area contributed by atoms with Crippen molar-refractivity contribution in [3.8, 4) is 6.07 Å². The van der Waals surface area contributed by atoms with Crippen molar-refractivity contribution >= 4 is 17.7 Å². The second-order valence-corrected chi connectivity index (χ2v) is 13.5. The number of nitrogens with zero attached hydrogens (tertiary/aromatic N) is 4. The van der Waals surface area contributed by atoms with Crippen LogP contribution in [0.2, 0.25) is 0 Å². The van der Waals surface area contributed by atoms with Crippen LogP contribution in [0, 0.1) is 11.3 Å². The molecule has 0 N–H and O–H groups in total. The number of benzene rings is 3. The Bertz CT molecular complexity index is 1490. The molecule has 0 aliphatic heterocycles. The van der Waals surface area contributed by atoms with E-state index in [1.54, 1.807) is 5.06 Å². The largest absolute Gasteiger partial charge is 0.442 e. The van der Waals surface area contributed by atoms with Gasteiger partial charge in [-0.2, -0.15) is 20.5 Å². The number of hydrogen-bond donors (Lipinski definition) is 0. The number of rotatable bonds is 25. The van der Waals surface area contributed by atoms with Crippen LogP contribution in [0.15, 0.2) is 91.0 Å². The Morgan fingerprint density at radius 2 is 0.981 bits per heavy atom. The SMILES string of the molecule is CC(C)(C)OC(=O)N(CCCCCN(CCCCCN(CCC(=O)C(=O)C#N)OCc1ccccc1)OCc1ccccc1)OCc1ccccc1. The topological polar surface area (TPSA) is 122 Å². The van der Waals surface area contributed by atoms with Crippen molar-refractivity contribution in [2.24, 2.45) is 0 Å². The van der Waals surface area contributed by atoms with Gasteiger partial charge in [0.1, 0.15) is 18.3 Å². The molecule has 0 aromatic heterocycles. The fourth-order valence-corrected chi connectivity index (χ4v) is 5.09. The molecule has 0 bridgehead atoms. The van der Waals surface area contributed by atoms with Crippen LogP contribution in [0.4, 0.5) is 4.79 Å². The summed E-state index contributed by atoms with van der Waals surface area (Å²) in [5.74, 6) is -1.74. The lowest BCUT2D eigenvalue weighted by Crippen LogP contribution is -2.37. The number of Topliss-reactive ketones (excluding diaryl/α,β-unsaturated/α-hetero) is 2. The maximum atomic E-state index is 12.9. The Hall–Kier alpha value is -4.44. The van der Waals surface area contributed by atoms with Gasteiger partial charge >= 0.3 is 6.09 Å². The quantitative estimate of drug-likeness (QED) is 0.0375. The van der Waals surface area contributed by atoms with Gasteiger partial charge < -0.3 is 4.74 Å². The number of hydroxylamine groups is 6. The lowest BCUT2D eigenvalue weighted by molar-refractivity contribution is -0.175. The van der Waals surface area contributed by atoms with Gasteiger partial charge in [0.05, 0.1) is 19.8 Å². The van der Waals surface area contributed by atoms with Crippen molar-refractivity contribution in [3.63, 3.8) is 0 Å². The molecule has 0 unspecified atom stereocenters. The fourth-order valence-electron chi connectivity index (χ4n) is 5.09. The molecule has 0 saturated carbocycles. The summed E-state index contributed by atoms with van der Waals surface area (Å²) in [6.07, 6.45) is 4.48. The smallest absolute Gasteiger partial charge is 0.434 e. The molecule has 11 nitrogen and oxygen atoms in total. The molecule has 0 spiro atoms. The van der Waals surface area contributed by atoms with Gasteiger partial charge in [0, 0.05) is 32.6 Å². The zero-order valence-corrected chi connectivity index (χ0v) is 30.9. The highest BCUT2D eigenvalue weighted by Gasteiger charge is 2.23. The minimum atomic E-state index is -1.03. The van der Waals surface area contributed by atoms with E-state index in [1.165, 1.54) is 11.1 Å². The monoisotopic (exact) mass is 714 g/mol. The Morgan fingerprint density at radius 1 is 0.577 bits per heavy atom. The van der Waals surface area contributed by atoms with Crippen molar-refractivity contribution < 1.29 is 33.6 Å². The van der Waals surface area contributed by atoms with E-state index in [0.29, 0.717) is 26.3 Å². The summed E-state index contributed by atoms with van der Waals surface area (Å²) in [4.78, 5) is 54.5.